The van der Waals surface area contributed by atoms with Crippen molar-refractivity contribution < 1.29 is 28.7 Å². The van der Waals surface area contributed by atoms with E-state index in [1.165, 1.54) is 36.5 Å². The second-order valence-corrected chi connectivity index (χ2v) is 20.1. The Kier molecular flexibility index (Phi) is 13.0. The maximum atomic E-state index is 13.9. The molecule has 6 atom stereocenters. The molecule has 2 aliphatic heterocycles. The van der Waals surface area contributed by atoms with Gasteiger partial charge in [0.2, 0.25) is 11.8 Å². The van der Waals surface area contributed by atoms with Gasteiger partial charge in [0.1, 0.15) is 23.7 Å². The van der Waals surface area contributed by atoms with Gasteiger partial charge in [-0.3, -0.25) is 9.59 Å². The van der Waals surface area contributed by atoms with E-state index in [9.17, 15) is 19.2 Å². The number of hydrogen-bond acceptors (Lipinski definition) is 8. The van der Waals surface area contributed by atoms with Gasteiger partial charge in [-0.1, -0.05) is 84.9 Å². The van der Waals surface area contributed by atoms with Crippen LogP contribution in [0.1, 0.15) is 151 Å². The molecule has 3 aliphatic rings. The number of likely N-dealkylation sites (tertiary alicyclic amines) is 2. The Labute approximate surface area is 382 Å². The molecule has 3 fully saturated rings. The number of fused-ring (bicyclic) bond motifs is 2. The zero-order valence-electron chi connectivity index (χ0n) is 39.4. The number of rotatable bonds is 11. The minimum atomic E-state index is -0.700. The van der Waals surface area contributed by atoms with Gasteiger partial charge < -0.3 is 39.9 Å². The molecule has 4 heterocycles. The smallest absolute Gasteiger partial charge is 0.407 e. The fourth-order valence-electron chi connectivity index (χ4n) is 10.7. The van der Waals surface area contributed by atoms with Gasteiger partial charge in [-0.15, -0.1) is 0 Å². The number of H-pyrrole nitrogens is 2. The first-order valence-corrected chi connectivity index (χ1v) is 23.5. The second-order valence-electron chi connectivity index (χ2n) is 20.1. The fourth-order valence-corrected chi connectivity index (χ4v) is 10.7. The summed E-state index contributed by atoms with van der Waals surface area (Å²) in [5.74, 6) is 1.69. The van der Waals surface area contributed by atoms with Crippen LogP contribution in [0, 0.1) is 11.8 Å². The average molecular weight is 887 g/mol. The number of methoxy groups -OCH3 is 2. The number of aromatic nitrogens is 4. The van der Waals surface area contributed by atoms with Crippen molar-refractivity contribution in [1.82, 2.24) is 40.4 Å². The number of amides is 4. The van der Waals surface area contributed by atoms with Crippen LogP contribution < -0.4 is 10.6 Å². The molecule has 5 aromatic rings. The van der Waals surface area contributed by atoms with Crippen LogP contribution in [0.3, 0.4) is 0 Å². The third-order valence-corrected chi connectivity index (χ3v) is 14.2. The van der Waals surface area contributed by atoms with E-state index in [1.54, 1.807) is 0 Å². The van der Waals surface area contributed by atoms with Gasteiger partial charge in [0.25, 0.3) is 0 Å². The molecule has 346 valence electrons. The predicted octanol–water partition coefficient (Wildman–Crippen LogP) is 9.27. The summed E-state index contributed by atoms with van der Waals surface area (Å²) in [7, 11) is 2.61. The van der Waals surface area contributed by atoms with Crippen molar-refractivity contribution in [2.24, 2.45) is 11.8 Å². The lowest BCUT2D eigenvalue weighted by molar-refractivity contribution is -0.136. The zero-order chi connectivity index (χ0) is 46.3. The molecule has 65 heavy (non-hydrogen) atoms. The molecule has 14 heteroatoms. The van der Waals surface area contributed by atoms with Crippen molar-refractivity contribution in [3.8, 4) is 0 Å². The molecule has 2 unspecified atom stereocenters. The molecule has 1 saturated carbocycles. The summed E-state index contributed by atoms with van der Waals surface area (Å²) >= 11 is 0. The Bertz CT molecular complexity index is 2390. The number of carbonyl (C=O) groups excluding carboxylic acids is 4. The van der Waals surface area contributed by atoms with Gasteiger partial charge in [0.05, 0.1) is 48.4 Å². The van der Waals surface area contributed by atoms with E-state index in [-0.39, 0.29) is 58.9 Å². The number of nitrogens with one attached hydrogen (secondary N) is 4. The van der Waals surface area contributed by atoms with Crippen LogP contribution in [-0.2, 0) is 24.5 Å². The molecule has 14 nitrogen and oxygen atoms in total. The third-order valence-electron chi connectivity index (χ3n) is 14.2. The summed E-state index contributed by atoms with van der Waals surface area (Å²) < 4.78 is 9.67. The van der Waals surface area contributed by atoms with Gasteiger partial charge in [-0.25, -0.2) is 19.6 Å². The van der Waals surface area contributed by atoms with E-state index in [0.29, 0.717) is 13.1 Å². The maximum Gasteiger partial charge on any atom is 0.407 e. The number of hydrogen-bond donors (Lipinski definition) is 4. The highest BCUT2D eigenvalue weighted by molar-refractivity contribution is 5.87. The highest BCUT2D eigenvalue weighted by Gasteiger charge is 2.42. The monoisotopic (exact) mass is 887 g/mol. The number of nitrogens with zero attached hydrogens (tertiary/aromatic N) is 4. The first kappa shape index (κ1) is 45.6. The molecule has 0 spiro atoms. The van der Waals surface area contributed by atoms with Crippen molar-refractivity contribution >= 4 is 46.1 Å². The number of benzene rings is 3. The first-order chi connectivity index (χ1) is 31.1. The second kappa shape index (κ2) is 18.5. The van der Waals surface area contributed by atoms with E-state index in [4.69, 9.17) is 19.4 Å². The van der Waals surface area contributed by atoms with Crippen molar-refractivity contribution in [2.45, 2.75) is 134 Å². The van der Waals surface area contributed by atoms with Crippen LogP contribution in [0.2, 0.25) is 0 Å². The average Bonchev–Trinajstić information content (AvgIpc) is 4.14. The lowest BCUT2D eigenvalue weighted by Crippen LogP contribution is -2.51. The number of carbonyl (C=O) groups is 4. The van der Waals surface area contributed by atoms with E-state index in [1.807, 2.05) is 37.5 Å². The van der Waals surface area contributed by atoms with Gasteiger partial charge in [-0.05, 0) is 120 Å². The summed E-state index contributed by atoms with van der Waals surface area (Å²) in [4.78, 5) is 73.2. The topological polar surface area (TPSA) is 175 Å². The highest BCUT2D eigenvalue weighted by Crippen LogP contribution is 2.55. The summed E-state index contributed by atoms with van der Waals surface area (Å²) in [6.45, 7) is 15.6. The number of ether oxygens (including phenoxy) is 2. The first-order valence-electron chi connectivity index (χ1n) is 23.5. The van der Waals surface area contributed by atoms with Crippen molar-refractivity contribution in [2.75, 3.05) is 27.3 Å². The molecule has 0 radical (unpaired) electrons. The lowest BCUT2D eigenvalue weighted by atomic mass is 9.76. The molecule has 2 saturated heterocycles. The Morgan fingerprint density at radius 1 is 0.631 bits per heavy atom. The van der Waals surface area contributed by atoms with Gasteiger partial charge in [0.15, 0.2) is 0 Å². The van der Waals surface area contributed by atoms with E-state index >= 15 is 0 Å². The quantitative estimate of drug-likeness (QED) is 0.102. The molecule has 2 aromatic heterocycles. The highest BCUT2D eigenvalue weighted by atomic mass is 16.5. The van der Waals surface area contributed by atoms with Crippen molar-refractivity contribution in [1.29, 1.82) is 0 Å². The van der Waals surface area contributed by atoms with Crippen LogP contribution in [0.25, 0.3) is 22.1 Å². The molecule has 1 aliphatic carbocycles. The SMILES string of the molecule is COC(=O)N[C@H](C(=O)N1CCC[C@H]1c1nc2ccc(C3CCC(c4ccc5nc([C@@H]6CCCN6C(=O)[C@@H](NC(=O)OC)C(C)C)[nH]c5c4)C3c3ccc(C(C)(C)C)cc3)cc2[nH]1)C(C)C. The fraction of sp³-hybridized carbons (Fsp3) is 0.529. The Morgan fingerprint density at radius 3 is 1.43 bits per heavy atom. The molecular formula is C51H66N8O6. The Balaban J connectivity index is 1.09. The van der Waals surface area contributed by atoms with Crippen LogP contribution in [0.15, 0.2) is 60.7 Å². The molecule has 4 amide bonds. The van der Waals surface area contributed by atoms with Gasteiger partial charge in [0, 0.05) is 13.1 Å². The number of aromatic amines is 2. The van der Waals surface area contributed by atoms with Gasteiger partial charge in [-0.2, -0.15) is 0 Å². The van der Waals surface area contributed by atoms with Crippen LogP contribution >= 0.6 is 0 Å². The molecule has 4 N–H and O–H groups in total. The number of imidazole rings is 2. The predicted molar refractivity (Wildman–Crippen MR) is 250 cm³/mol. The van der Waals surface area contributed by atoms with E-state index in [0.717, 1.165) is 72.2 Å². The summed E-state index contributed by atoms with van der Waals surface area (Å²) in [5.41, 5.74) is 8.74. The standard InChI is InChI=1S/C51H66N8O6/c1-28(2)43(56-49(62)64-8)47(60)58-24-10-12-40(58)45-52-36-22-16-31(26-38(36)54-45)34-20-21-35(42(34)30-14-18-33(19-15-30)51(5,6)7)32-17-23-37-39(27-32)55-46(53-37)41-13-11-25-59(41)48(61)44(29(3)4)57-50(63)65-9/h14-19,22-23,26-29,34-35,40-44H,10-13,20-21,24-25H2,1-9H3,(H,52,54)(H,53,55)(H,56,62)(H,57,63)/t34?,35?,40-,41-,42?,43-,44-/m0/s1. The minimum absolute atomic E-state index is 0.0276. The zero-order valence-corrected chi connectivity index (χ0v) is 39.4. The number of alkyl carbamates (subject to hydrolysis) is 2. The van der Waals surface area contributed by atoms with Crippen LogP contribution in [0.4, 0.5) is 9.59 Å². The molecule has 3 aromatic carbocycles. The Hall–Kier alpha value is -5.92. The van der Waals surface area contributed by atoms with Crippen molar-refractivity contribution in [3.63, 3.8) is 0 Å². The molecule has 8 rings (SSSR count). The normalized spacial score (nSPS) is 22.2. The largest absolute Gasteiger partial charge is 0.453 e. The van der Waals surface area contributed by atoms with Crippen molar-refractivity contribution in [3.05, 3.63) is 94.6 Å². The van der Waals surface area contributed by atoms with Gasteiger partial charge >= 0.3 is 12.2 Å². The minimum Gasteiger partial charge on any atom is -0.453 e. The van der Waals surface area contributed by atoms with E-state index in [2.05, 4.69) is 102 Å². The maximum absolute atomic E-state index is 13.9. The molecule has 0 bridgehead atoms. The Morgan fingerprint density at radius 2 is 1.05 bits per heavy atom. The lowest BCUT2D eigenvalue weighted by Gasteiger charge is -2.29. The van der Waals surface area contributed by atoms with Crippen LogP contribution in [-0.4, -0.2) is 93.1 Å². The summed E-state index contributed by atoms with van der Waals surface area (Å²) in [6.07, 6.45) is 4.02. The summed E-state index contributed by atoms with van der Waals surface area (Å²) in [6, 6.07) is 20.6. The summed E-state index contributed by atoms with van der Waals surface area (Å²) in [5, 5.41) is 5.50. The third kappa shape index (κ3) is 9.18. The molecular weight excluding hydrogens is 821 g/mol. The van der Waals surface area contributed by atoms with E-state index < -0.39 is 24.3 Å². The van der Waals surface area contributed by atoms with Crippen LogP contribution in [0.5, 0.6) is 0 Å².